The molecule has 0 saturated carbocycles. The maximum atomic E-state index is 10.7. The minimum atomic E-state index is -0.0443. The molecule has 1 saturated heterocycles. The van der Waals surface area contributed by atoms with Crippen molar-refractivity contribution in [2.45, 2.75) is 25.7 Å². The van der Waals surface area contributed by atoms with Gasteiger partial charge in [0.25, 0.3) is 0 Å². The molecule has 0 unspecified atom stereocenters. The molecule has 1 amide bonds. The average molecular weight is 245 g/mol. The molecule has 1 aliphatic heterocycles. The number of nitrogens with zero attached hydrogens (tertiary/aromatic N) is 1. The van der Waals surface area contributed by atoms with Crippen LogP contribution in [0.4, 0.5) is 0 Å². The van der Waals surface area contributed by atoms with Crippen molar-refractivity contribution >= 4 is 5.91 Å². The predicted octanol–water partition coefficient (Wildman–Crippen LogP) is 0.112. The maximum absolute atomic E-state index is 10.7. The van der Waals surface area contributed by atoms with E-state index < -0.39 is 0 Å². The standard InChI is InChI=1S/C6H9NO.C6H14O3/c1-2-7-5-3-4-6(7)8;7-3-1-2-6(4-8)5-9/h2H,1,3-5H2;6-9H,1-5H2. The Kier molecular flexibility index (Phi) is 9.71. The Hall–Kier alpha value is -0.910. The van der Waals surface area contributed by atoms with Gasteiger partial charge in [-0.1, -0.05) is 6.58 Å². The third kappa shape index (κ3) is 7.10. The first kappa shape index (κ1) is 16.1. The zero-order chi connectivity index (χ0) is 13.1. The van der Waals surface area contributed by atoms with Gasteiger partial charge in [0.15, 0.2) is 0 Å². The van der Waals surface area contributed by atoms with Gasteiger partial charge in [-0.25, -0.2) is 0 Å². The molecule has 1 fully saturated rings. The predicted molar refractivity (Wildman–Crippen MR) is 65.1 cm³/mol. The van der Waals surface area contributed by atoms with Crippen molar-refractivity contribution in [1.82, 2.24) is 4.90 Å². The van der Waals surface area contributed by atoms with Gasteiger partial charge in [0.1, 0.15) is 0 Å². The number of carbonyl (C=O) groups excluding carboxylic acids is 1. The van der Waals surface area contributed by atoms with Crippen LogP contribution < -0.4 is 0 Å². The van der Waals surface area contributed by atoms with Gasteiger partial charge < -0.3 is 20.2 Å². The molecule has 0 radical (unpaired) electrons. The lowest BCUT2D eigenvalue weighted by Crippen LogP contribution is -2.16. The fraction of sp³-hybridized carbons (Fsp3) is 0.750. The van der Waals surface area contributed by atoms with Gasteiger partial charge in [-0.2, -0.15) is 0 Å². The molecule has 1 heterocycles. The Labute approximate surface area is 102 Å². The van der Waals surface area contributed by atoms with Crippen LogP contribution in [0, 0.1) is 5.92 Å². The first-order valence-corrected chi connectivity index (χ1v) is 5.94. The Morgan fingerprint density at radius 2 is 2.00 bits per heavy atom. The zero-order valence-electron chi connectivity index (χ0n) is 10.2. The Balaban J connectivity index is 0.000000302. The molecule has 0 bridgehead atoms. The fourth-order valence-electron chi connectivity index (χ4n) is 1.48. The number of amides is 1. The van der Waals surface area contributed by atoms with Gasteiger partial charge >= 0.3 is 0 Å². The third-order valence-electron chi connectivity index (χ3n) is 2.62. The second kappa shape index (κ2) is 10.3. The van der Waals surface area contributed by atoms with Crippen LogP contribution in [0.5, 0.6) is 0 Å². The quantitative estimate of drug-likeness (QED) is 0.620. The van der Waals surface area contributed by atoms with Crippen LogP contribution >= 0.6 is 0 Å². The summed E-state index contributed by atoms with van der Waals surface area (Å²) in [4.78, 5) is 12.3. The highest BCUT2D eigenvalue weighted by Crippen LogP contribution is 2.08. The molecule has 17 heavy (non-hydrogen) atoms. The summed E-state index contributed by atoms with van der Waals surface area (Å²) in [5, 5.41) is 25.4. The van der Waals surface area contributed by atoms with E-state index in [9.17, 15) is 4.79 Å². The topological polar surface area (TPSA) is 81.0 Å². The number of aliphatic hydroxyl groups excluding tert-OH is 3. The van der Waals surface area contributed by atoms with Crippen LogP contribution in [0.25, 0.3) is 0 Å². The molecule has 0 aromatic rings. The fourth-order valence-corrected chi connectivity index (χ4v) is 1.48. The normalized spacial score (nSPS) is 14.8. The second-order valence-electron chi connectivity index (χ2n) is 3.97. The summed E-state index contributed by atoms with van der Waals surface area (Å²) in [5.74, 6) is 0.164. The van der Waals surface area contributed by atoms with E-state index in [0.29, 0.717) is 19.3 Å². The minimum Gasteiger partial charge on any atom is -0.396 e. The van der Waals surface area contributed by atoms with Gasteiger partial charge in [0.2, 0.25) is 5.91 Å². The van der Waals surface area contributed by atoms with E-state index in [1.807, 2.05) is 0 Å². The largest absolute Gasteiger partial charge is 0.396 e. The number of aliphatic hydroxyl groups is 3. The SMILES string of the molecule is C=CN1CCCC1=O.OCCCC(CO)CO. The van der Waals surface area contributed by atoms with Crippen LogP contribution in [0.15, 0.2) is 12.8 Å². The number of likely N-dealkylation sites (tertiary alicyclic amines) is 1. The molecule has 1 rings (SSSR count). The summed E-state index contributed by atoms with van der Waals surface area (Å²) in [7, 11) is 0. The lowest BCUT2D eigenvalue weighted by molar-refractivity contribution is -0.125. The van der Waals surface area contributed by atoms with Crippen molar-refractivity contribution in [3.8, 4) is 0 Å². The molecule has 3 N–H and O–H groups in total. The van der Waals surface area contributed by atoms with Crippen LogP contribution in [0.3, 0.4) is 0 Å². The zero-order valence-corrected chi connectivity index (χ0v) is 10.2. The summed E-state index contributed by atoms with van der Waals surface area (Å²) in [6.07, 6.45) is 4.64. The van der Waals surface area contributed by atoms with Crippen LogP contribution in [0.1, 0.15) is 25.7 Å². The Morgan fingerprint density at radius 3 is 2.29 bits per heavy atom. The van der Waals surface area contributed by atoms with Crippen LogP contribution in [0.2, 0.25) is 0 Å². The molecule has 5 heteroatoms. The molecular formula is C12H23NO4. The van der Waals surface area contributed by atoms with Crippen molar-refractivity contribution in [1.29, 1.82) is 0 Å². The van der Waals surface area contributed by atoms with Crippen molar-refractivity contribution in [2.24, 2.45) is 5.92 Å². The molecule has 0 aliphatic carbocycles. The average Bonchev–Trinajstić information content (AvgIpc) is 2.77. The Bertz CT molecular complexity index is 217. The molecular weight excluding hydrogens is 222 g/mol. The van der Waals surface area contributed by atoms with E-state index in [-0.39, 0.29) is 31.6 Å². The van der Waals surface area contributed by atoms with Gasteiger partial charge in [0.05, 0.1) is 0 Å². The van der Waals surface area contributed by atoms with Crippen molar-refractivity contribution in [2.75, 3.05) is 26.4 Å². The highest BCUT2D eigenvalue weighted by molar-refractivity contribution is 5.78. The van der Waals surface area contributed by atoms with Gasteiger partial charge in [-0.3, -0.25) is 4.79 Å². The third-order valence-corrected chi connectivity index (χ3v) is 2.62. The number of hydrogen-bond acceptors (Lipinski definition) is 4. The first-order chi connectivity index (χ1) is 8.19. The highest BCUT2D eigenvalue weighted by Gasteiger charge is 2.15. The van der Waals surface area contributed by atoms with Crippen molar-refractivity contribution in [3.63, 3.8) is 0 Å². The van der Waals surface area contributed by atoms with E-state index in [4.69, 9.17) is 15.3 Å². The maximum Gasteiger partial charge on any atom is 0.226 e. The van der Waals surface area contributed by atoms with Crippen molar-refractivity contribution < 1.29 is 20.1 Å². The van der Waals surface area contributed by atoms with E-state index in [2.05, 4.69) is 6.58 Å². The summed E-state index contributed by atoms with van der Waals surface area (Å²) in [6, 6.07) is 0. The molecule has 100 valence electrons. The molecule has 0 aromatic carbocycles. The van der Waals surface area contributed by atoms with Crippen molar-refractivity contribution in [3.05, 3.63) is 12.8 Å². The van der Waals surface area contributed by atoms with Gasteiger partial charge in [0, 0.05) is 38.7 Å². The number of hydrogen-bond donors (Lipinski definition) is 3. The molecule has 0 spiro atoms. The lowest BCUT2D eigenvalue weighted by atomic mass is 10.1. The van der Waals surface area contributed by atoms with E-state index in [1.165, 1.54) is 0 Å². The second-order valence-corrected chi connectivity index (χ2v) is 3.97. The summed E-state index contributed by atoms with van der Waals surface area (Å²) in [6.45, 7) is 4.52. The monoisotopic (exact) mass is 245 g/mol. The Morgan fingerprint density at radius 1 is 1.35 bits per heavy atom. The van der Waals surface area contributed by atoms with Gasteiger partial charge in [-0.15, -0.1) is 0 Å². The number of carbonyl (C=O) groups is 1. The minimum absolute atomic E-state index is 0.0104. The summed E-state index contributed by atoms with van der Waals surface area (Å²) >= 11 is 0. The van der Waals surface area contributed by atoms with Gasteiger partial charge in [-0.05, 0) is 25.5 Å². The van der Waals surface area contributed by atoms with Crippen LogP contribution in [-0.4, -0.2) is 52.5 Å². The smallest absolute Gasteiger partial charge is 0.226 e. The molecule has 1 aliphatic rings. The summed E-state index contributed by atoms with van der Waals surface area (Å²) in [5.41, 5.74) is 0. The summed E-state index contributed by atoms with van der Waals surface area (Å²) < 4.78 is 0. The molecule has 0 aromatic heterocycles. The van der Waals surface area contributed by atoms with Crippen LogP contribution in [-0.2, 0) is 4.79 Å². The van der Waals surface area contributed by atoms with E-state index in [1.54, 1.807) is 11.1 Å². The molecule has 0 atom stereocenters. The number of rotatable bonds is 6. The first-order valence-electron chi connectivity index (χ1n) is 5.94. The molecule has 5 nitrogen and oxygen atoms in total. The highest BCUT2D eigenvalue weighted by atomic mass is 16.3. The lowest BCUT2D eigenvalue weighted by Gasteiger charge is -2.07. The van der Waals surface area contributed by atoms with E-state index in [0.717, 1.165) is 13.0 Å². The van der Waals surface area contributed by atoms with E-state index >= 15 is 0 Å².